The molecule has 4 N–H and O–H groups in total. The second-order valence-electron chi connectivity index (χ2n) is 10.5. The Morgan fingerprint density at radius 2 is 1.89 bits per heavy atom. The van der Waals surface area contributed by atoms with Gasteiger partial charge in [0.25, 0.3) is 5.91 Å². The fourth-order valence-corrected chi connectivity index (χ4v) is 5.95. The highest BCUT2D eigenvalue weighted by atomic mass is 79.9. The summed E-state index contributed by atoms with van der Waals surface area (Å²) < 4.78 is 26.4. The third-order valence-corrected chi connectivity index (χ3v) is 8.36. The molecule has 2 aromatic heterocycles. The number of carbonyl (C=O) groups excluding carboxylic acids is 2. The second kappa shape index (κ2) is 12.8. The van der Waals surface area contributed by atoms with E-state index in [4.69, 9.17) is 43.4 Å². The van der Waals surface area contributed by atoms with Crippen LogP contribution < -0.4 is 20.5 Å². The maximum Gasteiger partial charge on any atom is 0.251 e. The first kappa shape index (κ1) is 31.9. The van der Waals surface area contributed by atoms with E-state index in [0.717, 1.165) is 4.47 Å². The van der Waals surface area contributed by atoms with Crippen molar-refractivity contribution in [2.24, 2.45) is 11.7 Å². The Balaban J connectivity index is 1.57. The molecule has 230 valence electrons. The van der Waals surface area contributed by atoms with Gasteiger partial charge in [-0.25, -0.2) is 9.37 Å². The van der Waals surface area contributed by atoms with Crippen LogP contribution in [0, 0.1) is 11.7 Å². The van der Waals surface area contributed by atoms with E-state index in [0.29, 0.717) is 46.2 Å². The van der Waals surface area contributed by atoms with E-state index in [-0.39, 0.29) is 52.7 Å². The van der Waals surface area contributed by atoms with Gasteiger partial charge in [0.2, 0.25) is 5.91 Å². The van der Waals surface area contributed by atoms with Gasteiger partial charge in [0.05, 0.1) is 42.4 Å². The molecule has 2 aromatic carbocycles. The number of ether oxygens (including phenoxy) is 2. The topological polar surface area (TPSA) is 137 Å². The Morgan fingerprint density at radius 1 is 1.18 bits per heavy atom. The predicted molar refractivity (Wildman–Crippen MR) is 169 cm³/mol. The smallest absolute Gasteiger partial charge is 0.251 e. The lowest BCUT2D eigenvalue weighted by Crippen LogP contribution is -2.43. The molecule has 4 aromatic rings. The lowest BCUT2D eigenvalue weighted by atomic mass is 9.90. The normalized spacial score (nSPS) is 14.2. The molecular formula is C31H28BrCl2FN4O5. The van der Waals surface area contributed by atoms with E-state index in [1.807, 2.05) is 6.07 Å². The molecule has 0 aliphatic heterocycles. The number of hydrogen-bond acceptors (Lipinski definition) is 7. The van der Waals surface area contributed by atoms with Gasteiger partial charge in [-0.2, -0.15) is 0 Å². The molecule has 1 saturated carbocycles. The average Bonchev–Trinajstić information content (AvgIpc) is 3.84. The van der Waals surface area contributed by atoms with Crippen molar-refractivity contribution in [3.63, 3.8) is 0 Å². The lowest BCUT2D eigenvalue weighted by Gasteiger charge is -2.30. The number of nitrogens with two attached hydrogens (primary N) is 1. The number of fused-ring (bicyclic) bond motifs is 1. The molecule has 44 heavy (non-hydrogen) atoms. The van der Waals surface area contributed by atoms with E-state index in [9.17, 15) is 19.1 Å². The number of rotatable bonds is 11. The second-order valence-corrected chi connectivity index (χ2v) is 12.2. The number of aromatic nitrogens is 2. The summed E-state index contributed by atoms with van der Waals surface area (Å²) in [6, 6.07) is 9.31. The van der Waals surface area contributed by atoms with Crippen LogP contribution >= 0.6 is 39.1 Å². The van der Waals surface area contributed by atoms with E-state index in [2.05, 4.69) is 26.2 Å². The summed E-state index contributed by atoms with van der Waals surface area (Å²) >= 11 is 15.6. The first-order chi connectivity index (χ1) is 20.9. The maximum atomic E-state index is 14.3. The first-order valence-electron chi connectivity index (χ1n) is 13.7. The van der Waals surface area contributed by atoms with E-state index < -0.39 is 23.2 Å². The zero-order valence-electron chi connectivity index (χ0n) is 23.7. The van der Waals surface area contributed by atoms with Crippen LogP contribution in [-0.4, -0.2) is 47.2 Å². The summed E-state index contributed by atoms with van der Waals surface area (Å²) in [4.78, 5) is 34.6. The summed E-state index contributed by atoms with van der Waals surface area (Å²) in [6.07, 6.45) is 2.77. The number of amides is 2. The quantitative estimate of drug-likeness (QED) is 0.164. The molecule has 0 saturated heterocycles. The Hall–Kier alpha value is -3.51. The highest BCUT2D eigenvalue weighted by Crippen LogP contribution is 2.47. The standard InChI is InChI=1S/C31H28BrCl2FN4O5/c1-3-44-29-17(12-25(36)40)11-24(39-28(29)16-8-21(33)26(35)22(34)9-16)31(42,19-4-5-19)14-38-30(41)18-6-15-7-20(32)13-37-27(15)23(10-18)43-2/h6-11,13,19,42H,3-5,12,14H2,1-2H3,(H2,36,40)(H,38,41)/t31-/m1/s1. The van der Waals surface area contributed by atoms with Gasteiger partial charge in [-0.05, 0) is 78.0 Å². The van der Waals surface area contributed by atoms with Crippen molar-refractivity contribution >= 4 is 61.8 Å². The minimum atomic E-state index is -1.64. The fraction of sp³-hybridized carbons (Fsp3) is 0.290. The first-order valence-corrected chi connectivity index (χ1v) is 15.2. The number of nitrogens with zero attached hydrogens (tertiary/aromatic N) is 2. The van der Waals surface area contributed by atoms with Crippen molar-refractivity contribution < 1.29 is 28.6 Å². The number of aliphatic hydroxyl groups is 1. The number of nitrogens with one attached hydrogen (secondary N) is 1. The number of halogens is 4. The van der Waals surface area contributed by atoms with Gasteiger partial charge < -0.3 is 25.6 Å². The van der Waals surface area contributed by atoms with Crippen LogP contribution in [-0.2, 0) is 16.8 Å². The Labute approximate surface area is 271 Å². The van der Waals surface area contributed by atoms with Gasteiger partial charge in [0.15, 0.2) is 5.82 Å². The van der Waals surface area contributed by atoms with Crippen LogP contribution in [0.3, 0.4) is 0 Å². The zero-order chi connectivity index (χ0) is 31.8. The highest BCUT2D eigenvalue weighted by molar-refractivity contribution is 9.10. The molecule has 0 unspecified atom stereocenters. The number of pyridine rings is 2. The van der Waals surface area contributed by atoms with Gasteiger partial charge in [-0.15, -0.1) is 0 Å². The van der Waals surface area contributed by atoms with E-state index >= 15 is 0 Å². The van der Waals surface area contributed by atoms with E-state index in [1.165, 1.54) is 19.2 Å². The minimum absolute atomic E-state index is 0.177. The van der Waals surface area contributed by atoms with E-state index in [1.54, 1.807) is 31.3 Å². The predicted octanol–water partition coefficient (Wildman–Crippen LogP) is 5.97. The summed E-state index contributed by atoms with van der Waals surface area (Å²) in [7, 11) is 1.49. The molecule has 2 heterocycles. The van der Waals surface area contributed by atoms with Gasteiger partial charge >= 0.3 is 0 Å². The summed E-state index contributed by atoms with van der Waals surface area (Å²) in [5, 5.41) is 15.2. The van der Waals surface area contributed by atoms with Crippen molar-refractivity contribution in [3.05, 3.63) is 79.8 Å². The number of carbonyl (C=O) groups is 2. The van der Waals surface area contributed by atoms with Crippen molar-refractivity contribution in [2.45, 2.75) is 31.8 Å². The number of primary amides is 1. The molecular weight excluding hydrogens is 678 g/mol. The van der Waals surface area contributed by atoms with Crippen LogP contribution in [0.4, 0.5) is 4.39 Å². The summed E-state index contributed by atoms with van der Waals surface area (Å²) in [6.45, 7) is 1.77. The number of methoxy groups -OCH3 is 1. The molecule has 0 spiro atoms. The molecule has 1 fully saturated rings. The van der Waals surface area contributed by atoms with Gasteiger partial charge in [-0.3, -0.25) is 14.6 Å². The molecule has 1 atom stereocenters. The van der Waals surface area contributed by atoms with Crippen molar-refractivity contribution in [2.75, 3.05) is 20.3 Å². The van der Waals surface area contributed by atoms with Crippen LogP contribution in [0.5, 0.6) is 11.5 Å². The lowest BCUT2D eigenvalue weighted by molar-refractivity contribution is -0.117. The zero-order valence-corrected chi connectivity index (χ0v) is 26.8. The molecule has 1 aliphatic carbocycles. The molecule has 5 rings (SSSR count). The van der Waals surface area contributed by atoms with Gasteiger partial charge in [-0.1, -0.05) is 23.2 Å². The maximum absolute atomic E-state index is 14.3. The van der Waals surface area contributed by atoms with Gasteiger partial charge in [0.1, 0.15) is 28.3 Å². The highest BCUT2D eigenvalue weighted by Gasteiger charge is 2.47. The molecule has 13 heteroatoms. The Morgan fingerprint density at radius 3 is 2.50 bits per heavy atom. The minimum Gasteiger partial charge on any atom is -0.494 e. The van der Waals surface area contributed by atoms with Gasteiger partial charge in [0, 0.05) is 32.7 Å². The fourth-order valence-electron chi connectivity index (χ4n) is 5.12. The number of benzene rings is 2. The molecule has 1 aliphatic rings. The molecule has 0 bridgehead atoms. The average molecular weight is 706 g/mol. The molecule has 9 nitrogen and oxygen atoms in total. The SMILES string of the molecule is CCOc1c(CC(N)=O)cc([C@@](O)(CNC(=O)c2cc(OC)c3ncc(Br)cc3c2)C2CC2)nc1-c1cc(Cl)c(F)c(Cl)c1. The molecule has 0 radical (unpaired) electrons. The third-order valence-electron chi connectivity index (χ3n) is 7.37. The van der Waals surface area contributed by atoms with Crippen LogP contribution in [0.1, 0.15) is 41.4 Å². The van der Waals surface area contributed by atoms with Crippen LogP contribution in [0.2, 0.25) is 10.0 Å². The Kier molecular flexibility index (Phi) is 9.31. The van der Waals surface area contributed by atoms with Crippen LogP contribution in [0.15, 0.2) is 47.1 Å². The Bertz CT molecular complexity index is 1770. The largest absolute Gasteiger partial charge is 0.494 e. The van der Waals surface area contributed by atoms with Crippen LogP contribution in [0.25, 0.3) is 22.2 Å². The van der Waals surface area contributed by atoms with Crippen molar-refractivity contribution in [3.8, 4) is 22.8 Å². The summed E-state index contributed by atoms with van der Waals surface area (Å²) in [5.74, 6) is -1.49. The monoisotopic (exact) mass is 704 g/mol. The number of hydrogen-bond donors (Lipinski definition) is 3. The molecule has 2 amide bonds. The summed E-state index contributed by atoms with van der Waals surface area (Å²) in [5.41, 5.74) is 5.86. The van der Waals surface area contributed by atoms with Crippen molar-refractivity contribution in [1.82, 2.24) is 15.3 Å². The third kappa shape index (κ3) is 6.46. The van der Waals surface area contributed by atoms with Crippen molar-refractivity contribution in [1.29, 1.82) is 0 Å².